The van der Waals surface area contributed by atoms with E-state index in [1.165, 1.54) is 14.2 Å². The van der Waals surface area contributed by atoms with E-state index in [-0.39, 0.29) is 0 Å². The first kappa shape index (κ1) is 15.5. The number of amides is 1. The van der Waals surface area contributed by atoms with E-state index >= 15 is 0 Å². The summed E-state index contributed by atoms with van der Waals surface area (Å²) in [6.07, 6.45) is 0. The zero-order valence-corrected chi connectivity index (χ0v) is 10.1. The fourth-order valence-electron chi connectivity index (χ4n) is 0.861. The van der Waals surface area contributed by atoms with Gasteiger partial charge < -0.3 is 25.2 Å². The van der Waals surface area contributed by atoms with E-state index < -0.39 is 26.4 Å². The summed E-state index contributed by atoms with van der Waals surface area (Å²) in [4.78, 5) is 28.3. The lowest BCUT2D eigenvalue weighted by Gasteiger charge is -2.16. The number of likely N-dealkylation sites (N-methyl/N-ethyl adjacent to an activating group) is 1. The van der Waals surface area contributed by atoms with E-state index in [0.717, 1.165) is 0 Å². The highest BCUT2D eigenvalue weighted by molar-refractivity contribution is 7.46. The Bertz CT molecular complexity index is 255. The van der Waals surface area contributed by atoms with Gasteiger partial charge in [-0.25, -0.2) is 4.57 Å². The van der Waals surface area contributed by atoms with Gasteiger partial charge in [0.1, 0.15) is 6.04 Å². The Morgan fingerprint density at radius 1 is 1.50 bits per heavy atom. The van der Waals surface area contributed by atoms with Crippen LogP contribution in [0.1, 0.15) is 0 Å². The highest BCUT2D eigenvalue weighted by Crippen LogP contribution is 2.35. The number of rotatable bonds is 8. The maximum atomic E-state index is 11.4. The first-order chi connectivity index (χ1) is 7.40. The van der Waals surface area contributed by atoms with E-state index in [4.69, 9.17) is 14.5 Å². The van der Waals surface area contributed by atoms with E-state index in [2.05, 4.69) is 15.2 Å². The Balaban J connectivity index is 3.97. The minimum Gasteiger partial charge on any atom is -0.383 e. The largest absolute Gasteiger partial charge is 0.469 e. The average Bonchev–Trinajstić information content (AvgIpc) is 2.17. The van der Waals surface area contributed by atoms with Crippen molar-refractivity contribution in [2.24, 2.45) is 0 Å². The molecule has 0 rings (SSSR count). The molecule has 1 unspecified atom stereocenters. The van der Waals surface area contributed by atoms with E-state index in [0.29, 0.717) is 13.2 Å². The first-order valence-electron chi connectivity index (χ1n) is 4.54. The van der Waals surface area contributed by atoms with Crippen LogP contribution in [0.4, 0.5) is 0 Å². The second kappa shape index (κ2) is 7.72. The van der Waals surface area contributed by atoms with E-state index in [9.17, 15) is 9.36 Å². The SMILES string of the molecule is CNC(COP(=O)(O)O)C(=O)NCCOC. The molecule has 16 heavy (non-hydrogen) atoms. The minimum atomic E-state index is -4.55. The lowest BCUT2D eigenvalue weighted by Crippen LogP contribution is -2.46. The van der Waals surface area contributed by atoms with Crippen LogP contribution in [0.5, 0.6) is 0 Å². The van der Waals surface area contributed by atoms with Gasteiger partial charge in [-0.05, 0) is 7.05 Å². The molecular formula is C7H17N2O6P. The summed E-state index contributed by atoms with van der Waals surface area (Å²) in [6.45, 7) is 0.282. The average molecular weight is 256 g/mol. The molecule has 96 valence electrons. The zero-order chi connectivity index (χ0) is 12.6. The van der Waals surface area contributed by atoms with Crippen molar-refractivity contribution in [2.75, 3.05) is 33.9 Å². The van der Waals surface area contributed by atoms with Crippen molar-refractivity contribution in [1.29, 1.82) is 0 Å². The number of phosphoric acid groups is 1. The molecule has 0 heterocycles. The van der Waals surface area contributed by atoms with Crippen LogP contribution in [-0.2, 0) is 18.6 Å². The molecule has 0 fully saturated rings. The molecule has 1 atom stereocenters. The van der Waals surface area contributed by atoms with Gasteiger partial charge in [0.15, 0.2) is 0 Å². The summed E-state index contributed by atoms with van der Waals surface area (Å²) in [7, 11) is -1.56. The van der Waals surface area contributed by atoms with Gasteiger partial charge in [0.2, 0.25) is 5.91 Å². The maximum absolute atomic E-state index is 11.4. The van der Waals surface area contributed by atoms with Crippen molar-refractivity contribution in [3.63, 3.8) is 0 Å². The van der Waals surface area contributed by atoms with Crippen molar-refractivity contribution in [3.05, 3.63) is 0 Å². The van der Waals surface area contributed by atoms with Gasteiger partial charge in [0.25, 0.3) is 0 Å². The van der Waals surface area contributed by atoms with Crippen LogP contribution in [0.2, 0.25) is 0 Å². The molecule has 0 saturated carbocycles. The molecule has 0 aliphatic heterocycles. The molecule has 0 spiro atoms. The van der Waals surface area contributed by atoms with Crippen LogP contribution in [0.15, 0.2) is 0 Å². The number of phosphoric ester groups is 1. The molecule has 0 aliphatic carbocycles. The highest BCUT2D eigenvalue weighted by atomic mass is 31.2. The number of ether oxygens (including phenoxy) is 1. The quantitative estimate of drug-likeness (QED) is 0.306. The molecule has 0 bridgehead atoms. The maximum Gasteiger partial charge on any atom is 0.469 e. The lowest BCUT2D eigenvalue weighted by molar-refractivity contribution is -0.123. The van der Waals surface area contributed by atoms with Gasteiger partial charge in [-0.2, -0.15) is 0 Å². The van der Waals surface area contributed by atoms with Crippen molar-refractivity contribution >= 4 is 13.7 Å². The number of methoxy groups -OCH3 is 1. The number of carbonyl (C=O) groups excluding carboxylic acids is 1. The monoisotopic (exact) mass is 256 g/mol. The molecule has 0 aromatic rings. The first-order valence-corrected chi connectivity index (χ1v) is 6.07. The Labute approximate surface area is 93.6 Å². The number of hydrogen-bond donors (Lipinski definition) is 4. The second-order valence-corrected chi connectivity index (χ2v) is 4.15. The van der Waals surface area contributed by atoms with Crippen molar-refractivity contribution < 1.29 is 28.4 Å². The summed E-state index contributed by atoms with van der Waals surface area (Å²) < 4.78 is 19.4. The van der Waals surface area contributed by atoms with Crippen LogP contribution < -0.4 is 10.6 Å². The molecule has 1 amide bonds. The molecule has 0 aliphatic rings. The second-order valence-electron chi connectivity index (χ2n) is 2.91. The van der Waals surface area contributed by atoms with Crippen molar-refractivity contribution in [2.45, 2.75) is 6.04 Å². The fraction of sp³-hybridized carbons (Fsp3) is 0.857. The topological polar surface area (TPSA) is 117 Å². The number of carbonyl (C=O) groups is 1. The third-order valence-corrected chi connectivity index (χ3v) is 2.17. The molecular weight excluding hydrogens is 239 g/mol. The summed E-state index contributed by atoms with van der Waals surface area (Å²) in [5.74, 6) is -0.409. The number of nitrogens with one attached hydrogen (secondary N) is 2. The van der Waals surface area contributed by atoms with Crippen molar-refractivity contribution in [1.82, 2.24) is 10.6 Å². The minimum absolute atomic E-state index is 0.323. The Kier molecular flexibility index (Phi) is 7.48. The molecule has 0 radical (unpaired) electrons. The number of hydrogen-bond acceptors (Lipinski definition) is 5. The fourth-order valence-corrected chi connectivity index (χ4v) is 1.20. The molecule has 9 heteroatoms. The molecule has 4 N–H and O–H groups in total. The predicted octanol–water partition coefficient (Wildman–Crippen LogP) is -1.55. The molecule has 0 saturated heterocycles. The third-order valence-electron chi connectivity index (χ3n) is 1.68. The Hall–Kier alpha value is -0.500. The van der Waals surface area contributed by atoms with Gasteiger partial charge in [-0.15, -0.1) is 0 Å². The van der Waals surface area contributed by atoms with Crippen molar-refractivity contribution in [3.8, 4) is 0 Å². The van der Waals surface area contributed by atoms with E-state index in [1.807, 2.05) is 0 Å². The summed E-state index contributed by atoms with van der Waals surface area (Å²) >= 11 is 0. The van der Waals surface area contributed by atoms with Gasteiger partial charge in [-0.3, -0.25) is 9.32 Å². The summed E-state index contributed by atoms with van der Waals surface area (Å²) in [6, 6.07) is -0.815. The van der Waals surface area contributed by atoms with Gasteiger partial charge in [-0.1, -0.05) is 0 Å². The molecule has 0 aromatic carbocycles. The Morgan fingerprint density at radius 3 is 2.56 bits per heavy atom. The Morgan fingerprint density at radius 2 is 2.12 bits per heavy atom. The van der Waals surface area contributed by atoms with Crippen LogP contribution in [0.3, 0.4) is 0 Å². The predicted molar refractivity (Wildman–Crippen MR) is 55.7 cm³/mol. The van der Waals surface area contributed by atoms with Gasteiger partial charge in [0, 0.05) is 13.7 Å². The standard InChI is InChI=1S/C7H17N2O6P/c1-8-6(5-15-16(11,12)13)7(10)9-3-4-14-2/h6,8H,3-5H2,1-2H3,(H,9,10)(H2,11,12,13). The lowest BCUT2D eigenvalue weighted by atomic mass is 10.3. The smallest absolute Gasteiger partial charge is 0.383 e. The normalized spacial score (nSPS) is 13.5. The summed E-state index contributed by atoms with van der Waals surface area (Å²) in [5.41, 5.74) is 0. The van der Waals surface area contributed by atoms with Crippen LogP contribution in [0.25, 0.3) is 0 Å². The molecule has 8 nitrogen and oxygen atoms in total. The summed E-state index contributed by atoms with van der Waals surface area (Å²) in [5, 5.41) is 5.09. The van der Waals surface area contributed by atoms with Crippen LogP contribution in [-0.4, -0.2) is 55.7 Å². The van der Waals surface area contributed by atoms with Gasteiger partial charge >= 0.3 is 7.82 Å². The third kappa shape index (κ3) is 7.75. The zero-order valence-electron chi connectivity index (χ0n) is 9.17. The molecule has 0 aromatic heterocycles. The van der Waals surface area contributed by atoms with Gasteiger partial charge in [0.05, 0.1) is 13.2 Å². The van der Waals surface area contributed by atoms with Crippen LogP contribution >= 0.6 is 7.82 Å². The highest BCUT2D eigenvalue weighted by Gasteiger charge is 2.21. The van der Waals surface area contributed by atoms with E-state index in [1.54, 1.807) is 0 Å². The van der Waals surface area contributed by atoms with Crippen LogP contribution in [0, 0.1) is 0 Å².